The van der Waals surface area contributed by atoms with Gasteiger partial charge < -0.3 is 15.7 Å². The second kappa shape index (κ2) is 6.29. The Labute approximate surface area is 111 Å². The lowest BCUT2D eigenvalue weighted by molar-refractivity contribution is 0.0695. The summed E-state index contributed by atoms with van der Waals surface area (Å²) in [4.78, 5) is 26.2. The molecule has 1 aromatic heterocycles. The minimum Gasteiger partial charge on any atom is -0.478 e. The topological polar surface area (TPSA) is 91.3 Å². The van der Waals surface area contributed by atoms with Crippen molar-refractivity contribution in [3.05, 3.63) is 29.6 Å². The molecule has 19 heavy (non-hydrogen) atoms. The maximum atomic E-state index is 11.7. The molecule has 102 valence electrons. The standard InChI is InChI=1S/C13H17N3O3/c17-12(15-7-1-6-14-10-3-4-10)11-5-2-9(8-16-11)13(18)19/h2,5,8,10,14H,1,3-4,6-7H2,(H,15,17)(H,18,19). The van der Waals surface area contributed by atoms with Gasteiger partial charge in [0, 0.05) is 18.8 Å². The average molecular weight is 263 g/mol. The molecule has 0 spiro atoms. The van der Waals surface area contributed by atoms with Gasteiger partial charge in [-0.3, -0.25) is 9.78 Å². The lowest BCUT2D eigenvalue weighted by Gasteiger charge is -2.05. The van der Waals surface area contributed by atoms with Crippen molar-refractivity contribution in [2.24, 2.45) is 0 Å². The fraction of sp³-hybridized carbons (Fsp3) is 0.462. The van der Waals surface area contributed by atoms with Crippen molar-refractivity contribution in [2.75, 3.05) is 13.1 Å². The quantitative estimate of drug-likeness (QED) is 0.628. The number of carbonyl (C=O) groups excluding carboxylic acids is 1. The largest absolute Gasteiger partial charge is 0.478 e. The molecule has 0 aliphatic heterocycles. The zero-order valence-corrected chi connectivity index (χ0v) is 10.6. The van der Waals surface area contributed by atoms with Crippen LogP contribution in [0.2, 0.25) is 0 Å². The molecule has 0 radical (unpaired) electrons. The zero-order valence-electron chi connectivity index (χ0n) is 10.6. The highest BCUT2D eigenvalue weighted by Gasteiger charge is 2.19. The highest BCUT2D eigenvalue weighted by molar-refractivity contribution is 5.93. The molecule has 0 unspecified atom stereocenters. The fourth-order valence-corrected chi connectivity index (χ4v) is 1.63. The summed E-state index contributed by atoms with van der Waals surface area (Å²) in [6, 6.07) is 3.47. The van der Waals surface area contributed by atoms with Crippen LogP contribution in [0.3, 0.4) is 0 Å². The summed E-state index contributed by atoms with van der Waals surface area (Å²) in [5.74, 6) is -1.33. The van der Waals surface area contributed by atoms with Crippen molar-refractivity contribution in [3.8, 4) is 0 Å². The minimum atomic E-state index is -1.05. The number of hydrogen-bond acceptors (Lipinski definition) is 4. The van der Waals surface area contributed by atoms with Gasteiger partial charge in [0.25, 0.3) is 5.91 Å². The van der Waals surface area contributed by atoms with Gasteiger partial charge in [-0.15, -0.1) is 0 Å². The van der Waals surface area contributed by atoms with Crippen LogP contribution < -0.4 is 10.6 Å². The van der Waals surface area contributed by atoms with E-state index in [0.29, 0.717) is 12.6 Å². The summed E-state index contributed by atoms with van der Waals surface area (Å²) >= 11 is 0. The maximum absolute atomic E-state index is 11.7. The van der Waals surface area contributed by atoms with Crippen molar-refractivity contribution >= 4 is 11.9 Å². The van der Waals surface area contributed by atoms with E-state index in [2.05, 4.69) is 15.6 Å². The van der Waals surface area contributed by atoms with Crippen molar-refractivity contribution in [2.45, 2.75) is 25.3 Å². The summed E-state index contributed by atoms with van der Waals surface area (Å²) in [7, 11) is 0. The Hall–Kier alpha value is -1.95. The molecule has 0 atom stereocenters. The van der Waals surface area contributed by atoms with Gasteiger partial charge in [0.15, 0.2) is 0 Å². The van der Waals surface area contributed by atoms with Gasteiger partial charge >= 0.3 is 5.97 Å². The second-order valence-electron chi connectivity index (χ2n) is 4.58. The van der Waals surface area contributed by atoms with Gasteiger partial charge in [0.1, 0.15) is 5.69 Å². The van der Waals surface area contributed by atoms with Crippen LogP contribution in [0.25, 0.3) is 0 Å². The first-order valence-electron chi connectivity index (χ1n) is 6.38. The fourth-order valence-electron chi connectivity index (χ4n) is 1.63. The Balaban J connectivity index is 1.70. The number of carboxylic acids is 1. The highest BCUT2D eigenvalue weighted by atomic mass is 16.4. The van der Waals surface area contributed by atoms with Crippen LogP contribution in [0.4, 0.5) is 0 Å². The normalized spacial score (nSPS) is 14.1. The number of rotatable bonds is 7. The van der Waals surface area contributed by atoms with Crippen LogP contribution in [0.15, 0.2) is 18.3 Å². The number of nitrogens with one attached hydrogen (secondary N) is 2. The summed E-state index contributed by atoms with van der Waals surface area (Å²) in [5, 5.41) is 14.8. The first-order valence-corrected chi connectivity index (χ1v) is 6.38. The zero-order chi connectivity index (χ0) is 13.7. The van der Waals surface area contributed by atoms with Crippen LogP contribution in [-0.2, 0) is 0 Å². The summed E-state index contributed by atoms with van der Waals surface area (Å²) < 4.78 is 0. The van der Waals surface area contributed by atoms with Crippen LogP contribution in [-0.4, -0.2) is 41.1 Å². The molecule has 0 bridgehead atoms. The van der Waals surface area contributed by atoms with Crippen LogP contribution >= 0.6 is 0 Å². The molecule has 0 saturated heterocycles. The van der Waals surface area contributed by atoms with Gasteiger partial charge in [-0.25, -0.2) is 4.79 Å². The third kappa shape index (κ3) is 4.33. The Kier molecular flexibility index (Phi) is 4.46. The van der Waals surface area contributed by atoms with Gasteiger partial charge in [-0.1, -0.05) is 0 Å². The Morgan fingerprint density at radius 1 is 1.32 bits per heavy atom. The molecule has 1 aromatic rings. The first-order chi connectivity index (χ1) is 9.16. The molecular formula is C13H17N3O3. The first kappa shape index (κ1) is 13.5. The smallest absolute Gasteiger partial charge is 0.337 e. The molecule has 1 amide bonds. The van der Waals surface area contributed by atoms with Gasteiger partial charge in [0.05, 0.1) is 5.56 Å². The molecule has 1 aliphatic carbocycles. The van der Waals surface area contributed by atoms with E-state index in [0.717, 1.165) is 13.0 Å². The van der Waals surface area contributed by atoms with Crippen molar-refractivity contribution in [1.29, 1.82) is 0 Å². The lowest BCUT2D eigenvalue weighted by atomic mass is 10.2. The van der Waals surface area contributed by atoms with E-state index in [1.54, 1.807) is 0 Å². The molecule has 1 heterocycles. The van der Waals surface area contributed by atoms with Gasteiger partial charge in [-0.2, -0.15) is 0 Å². The van der Waals surface area contributed by atoms with E-state index in [1.165, 1.54) is 31.2 Å². The monoisotopic (exact) mass is 263 g/mol. The summed E-state index contributed by atoms with van der Waals surface area (Å²) in [6.07, 6.45) is 4.57. The Morgan fingerprint density at radius 2 is 2.11 bits per heavy atom. The third-order valence-corrected chi connectivity index (χ3v) is 2.89. The van der Waals surface area contributed by atoms with E-state index < -0.39 is 5.97 Å². The molecule has 3 N–H and O–H groups in total. The number of aromatic nitrogens is 1. The molecular weight excluding hydrogens is 246 g/mol. The average Bonchev–Trinajstić information content (AvgIpc) is 3.22. The number of carbonyl (C=O) groups is 2. The van der Waals surface area contributed by atoms with E-state index >= 15 is 0 Å². The summed E-state index contributed by atoms with van der Waals surface area (Å²) in [6.45, 7) is 1.48. The molecule has 6 nitrogen and oxygen atoms in total. The molecule has 1 saturated carbocycles. The number of hydrogen-bond donors (Lipinski definition) is 3. The predicted molar refractivity (Wildman–Crippen MR) is 69.2 cm³/mol. The van der Waals surface area contributed by atoms with E-state index in [-0.39, 0.29) is 17.2 Å². The predicted octanol–water partition coefficient (Wildman–Crippen LogP) is 0.652. The third-order valence-electron chi connectivity index (χ3n) is 2.89. The molecule has 6 heteroatoms. The Morgan fingerprint density at radius 3 is 2.68 bits per heavy atom. The van der Waals surface area contributed by atoms with Crippen molar-refractivity contribution in [3.63, 3.8) is 0 Å². The van der Waals surface area contributed by atoms with E-state index in [4.69, 9.17) is 5.11 Å². The highest BCUT2D eigenvalue weighted by Crippen LogP contribution is 2.18. The van der Waals surface area contributed by atoms with Crippen LogP contribution in [0.5, 0.6) is 0 Å². The van der Waals surface area contributed by atoms with E-state index in [9.17, 15) is 9.59 Å². The second-order valence-corrected chi connectivity index (χ2v) is 4.58. The maximum Gasteiger partial charge on any atom is 0.337 e. The van der Waals surface area contributed by atoms with Crippen LogP contribution in [0.1, 0.15) is 40.1 Å². The van der Waals surface area contributed by atoms with Gasteiger partial charge in [-0.05, 0) is 37.9 Å². The molecule has 2 rings (SSSR count). The van der Waals surface area contributed by atoms with E-state index in [1.807, 2.05) is 0 Å². The number of aromatic carboxylic acids is 1. The Bertz CT molecular complexity index is 455. The molecule has 0 aromatic carbocycles. The summed E-state index contributed by atoms with van der Waals surface area (Å²) in [5.41, 5.74) is 0.310. The number of nitrogens with zero attached hydrogens (tertiary/aromatic N) is 1. The lowest BCUT2D eigenvalue weighted by Crippen LogP contribution is -2.28. The molecule has 1 aliphatic rings. The molecule has 1 fully saturated rings. The van der Waals surface area contributed by atoms with Crippen LogP contribution in [0, 0.1) is 0 Å². The van der Waals surface area contributed by atoms with Gasteiger partial charge in [0.2, 0.25) is 0 Å². The van der Waals surface area contributed by atoms with Crippen molar-refractivity contribution < 1.29 is 14.7 Å². The van der Waals surface area contributed by atoms with Crippen molar-refractivity contribution in [1.82, 2.24) is 15.6 Å². The number of amides is 1. The number of carboxylic acid groups (broad SMARTS) is 1. The SMILES string of the molecule is O=C(O)c1ccc(C(=O)NCCCNC2CC2)nc1. The number of pyridine rings is 1. The minimum absolute atomic E-state index is 0.0742.